The second-order valence-electron chi connectivity index (χ2n) is 7.82. The first-order valence-corrected chi connectivity index (χ1v) is 13.4. The SMILES string of the molecule is CC.CC.CCC1=CCC(c2ccc3ccc4cccc5ccc2c3c45)=CC1.CCCC.CN. The molecule has 1 aliphatic rings. The highest BCUT2D eigenvalue weighted by molar-refractivity contribution is 6.24. The van der Waals surface area contributed by atoms with Crippen molar-refractivity contribution < 1.29 is 0 Å². The molecule has 0 atom stereocenters. The highest BCUT2D eigenvalue weighted by Crippen LogP contribution is 2.39. The molecular formula is C33H47N. The Kier molecular flexibility index (Phi) is 13.9. The molecule has 0 fully saturated rings. The first-order chi connectivity index (χ1) is 16.8. The van der Waals surface area contributed by atoms with Crippen LogP contribution in [0.15, 0.2) is 72.3 Å². The van der Waals surface area contributed by atoms with Crippen LogP contribution in [0.5, 0.6) is 0 Å². The van der Waals surface area contributed by atoms with Crippen molar-refractivity contribution in [2.45, 2.75) is 80.6 Å². The average molecular weight is 458 g/mol. The Bertz CT molecular complexity index is 1150. The van der Waals surface area contributed by atoms with Crippen LogP contribution in [0.2, 0.25) is 0 Å². The summed E-state index contributed by atoms with van der Waals surface area (Å²) >= 11 is 0. The van der Waals surface area contributed by atoms with Crippen LogP contribution in [0, 0.1) is 0 Å². The van der Waals surface area contributed by atoms with E-state index >= 15 is 0 Å². The third-order valence-corrected chi connectivity index (χ3v) is 6.05. The topological polar surface area (TPSA) is 26.0 Å². The molecule has 0 heterocycles. The highest BCUT2D eigenvalue weighted by atomic mass is 14.4. The molecule has 0 aromatic heterocycles. The predicted octanol–water partition coefficient (Wildman–Crippen LogP) is 10.5. The molecule has 0 saturated heterocycles. The lowest BCUT2D eigenvalue weighted by atomic mass is 9.87. The normalized spacial score (nSPS) is 12.1. The van der Waals surface area contributed by atoms with Gasteiger partial charge in [-0.2, -0.15) is 0 Å². The zero-order valence-corrected chi connectivity index (χ0v) is 23.0. The van der Waals surface area contributed by atoms with Crippen LogP contribution in [0.4, 0.5) is 0 Å². The van der Waals surface area contributed by atoms with E-state index in [9.17, 15) is 0 Å². The van der Waals surface area contributed by atoms with Crippen molar-refractivity contribution in [3.05, 3.63) is 77.9 Å². The Morgan fingerprint density at radius 2 is 1.15 bits per heavy atom. The van der Waals surface area contributed by atoms with Crippen molar-refractivity contribution in [1.82, 2.24) is 0 Å². The Morgan fingerprint density at radius 1 is 0.618 bits per heavy atom. The fraction of sp³-hybridized carbons (Fsp3) is 0.394. The first kappa shape index (κ1) is 29.4. The maximum Gasteiger partial charge on any atom is -0.00207 e. The van der Waals surface area contributed by atoms with Gasteiger partial charge in [-0.1, -0.05) is 134 Å². The summed E-state index contributed by atoms with van der Waals surface area (Å²) in [5.74, 6) is 0. The number of unbranched alkanes of at least 4 members (excludes halogenated alkanes) is 1. The summed E-state index contributed by atoms with van der Waals surface area (Å²) in [6.45, 7) is 14.6. The molecule has 1 nitrogen and oxygen atoms in total. The summed E-state index contributed by atoms with van der Waals surface area (Å²) < 4.78 is 0. The number of hydrogen-bond donors (Lipinski definition) is 1. The molecule has 0 saturated carbocycles. The molecule has 2 N–H and O–H groups in total. The maximum atomic E-state index is 4.50. The van der Waals surface area contributed by atoms with E-state index in [1.807, 2.05) is 27.7 Å². The van der Waals surface area contributed by atoms with Crippen LogP contribution in [0.3, 0.4) is 0 Å². The third-order valence-electron chi connectivity index (χ3n) is 6.05. The van der Waals surface area contributed by atoms with Gasteiger partial charge in [0.05, 0.1) is 0 Å². The lowest BCUT2D eigenvalue weighted by Crippen LogP contribution is -1.94. The van der Waals surface area contributed by atoms with Gasteiger partial charge in [0.2, 0.25) is 0 Å². The van der Waals surface area contributed by atoms with Crippen molar-refractivity contribution in [2.75, 3.05) is 7.05 Å². The van der Waals surface area contributed by atoms with E-state index in [4.69, 9.17) is 0 Å². The molecule has 5 rings (SSSR count). The fourth-order valence-electron chi connectivity index (χ4n) is 4.20. The first-order valence-electron chi connectivity index (χ1n) is 13.4. The second kappa shape index (κ2) is 16.1. The van der Waals surface area contributed by atoms with Gasteiger partial charge >= 0.3 is 0 Å². The number of nitrogens with two attached hydrogens (primary N) is 1. The van der Waals surface area contributed by atoms with Crippen molar-refractivity contribution in [1.29, 1.82) is 0 Å². The van der Waals surface area contributed by atoms with Gasteiger partial charge in [0.1, 0.15) is 0 Å². The molecule has 4 aromatic carbocycles. The van der Waals surface area contributed by atoms with E-state index in [0.29, 0.717) is 0 Å². The predicted molar refractivity (Wildman–Crippen MR) is 159 cm³/mol. The number of allylic oxidation sites excluding steroid dienone is 4. The second-order valence-corrected chi connectivity index (χ2v) is 7.82. The van der Waals surface area contributed by atoms with Crippen LogP contribution in [0.1, 0.15) is 86.1 Å². The van der Waals surface area contributed by atoms with E-state index in [2.05, 4.69) is 93.3 Å². The largest absolute Gasteiger partial charge is 0.333 e. The number of rotatable bonds is 3. The minimum Gasteiger partial charge on any atom is -0.333 e. The van der Waals surface area contributed by atoms with Crippen LogP contribution < -0.4 is 5.73 Å². The van der Waals surface area contributed by atoms with Crippen LogP contribution in [-0.2, 0) is 0 Å². The summed E-state index contributed by atoms with van der Waals surface area (Å²) in [5, 5.41) is 8.27. The Hall–Kier alpha value is -2.64. The molecule has 0 amide bonds. The zero-order chi connectivity index (χ0) is 25.5. The molecule has 0 unspecified atom stereocenters. The van der Waals surface area contributed by atoms with Gasteiger partial charge in [-0.25, -0.2) is 0 Å². The van der Waals surface area contributed by atoms with Crippen molar-refractivity contribution >= 4 is 37.9 Å². The minimum absolute atomic E-state index is 1.06. The molecule has 0 spiro atoms. The smallest absolute Gasteiger partial charge is 0.00207 e. The van der Waals surface area contributed by atoms with E-state index in [1.165, 1.54) is 69.8 Å². The van der Waals surface area contributed by atoms with Gasteiger partial charge in [0.15, 0.2) is 0 Å². The van der Waals surface area contributed by atoms with E-state index in [-0.39, 0.29) is 0 Å². The monoisotopic (exact) mass is 457 g/mol. The quantitative estimate of drug-likeness (QED) is 0.240. The van der Waals surface area contributed by atoms with Crippen molar-refractivity contribution in [3.63, 3.8) is 0 Å². The standard InChI is InChI=1S/C24H20.C4H10.2C2H6.CH5N/c1-2-16-6-8-17(9-7-16)21-14-12-20-11-10-18-4-3-5-19-13-15-22(21)24(20)23(18)19;1-3-4-2;3*1-2/h3-6,9-15H,2,7-8H2,1H3;3-4H2,1-2H3;2*1-2H3;2H2,1H3. The molecule has 184 valence electrons. The maximum absolute atomic E-state index is 4.50. The van der Waals surface area contributed by atoms with Gasteiger partial charge in [-0.15, -0.1) is 0 Å². The molecule has 1 aliphatic carbocycles. The Balaban J connectivity index is 0.000000509. The zero-order valence-electron chi connectivity index (χ0n) is 23.0. The van der Waals surface area contributed by atoms with Crippen LogP contribution in [-0.4, -0.2) is 7.05 Å². The van der Waals surface area contributed by atoms with Gasteiger partial charge in [-0.3, -0.25) is 0 Å². The van der Waals surface area contributed by atoms with Gasteiger partial charge < -0.3 is 5.73 Å². The summed E-state index contributed by atoms with van der Waals surface area (Å²) in [7, 11) is 1.50. The molecule has 1 heteroatoms. The van der Waals surface area contributed by atoms with Gasteiger partial charge in [0, 0.05) is 0 Å². The van der Waals surface area contributed by atoms with E-state index in [1.54, 1.807) is 5.57 Å². The summed E-state index contributed by atoms with van der Waals surface area (Å²) in [6.07, 6.45) is 10.8. The van der Waals surface area contributed by atoms with E-state index in [0.717, 1.165) is 12.8 Å². The highest BCUT2D eigenvalue weighted by Gasteiger charge is 2.14. The van der Waals surface area contributed by atoms with E-state index < -0.39 is 0 Å². The van der Waals surface area contributed by atoms with Gasteiger partial charge in [-0.05, 0) is 69.8 Å². The molecule has 34 heavy (non-hydrogen) atoms. The molecule has 0 radical (unpaired) electrons. The molecule has 0 bridgehead atoms. The van der Waals surface area contributed by atoms with Gasteiger partial charge in [0.25, 0.3) is 0 Å². The summed E-state index contributed by atoms with van der Waals surface area (Å²) in [5.41, 5.74) is 8.95. The Morgan fingerprint density at radius 3 is 1.65 bits per heavy atom. The number of benzene rings is 4. The summed E-state index contributed by atoms with van der Waals surface area (Å²) in [4.78, 5) is 0. The minimum atomic E-state index is 1.06. The van der Waals surface area contributed by atoms with Crippen molar-refractivity contribution in [3.8, 4) is 0 Å². The lowest BCUT2D eigenvalue weighted by molar-refractivity contribution is 0.886. The average Bonchev–Trinajstić information content (AvgIpc) is 2.95. The molecule has 0 aliphatic heterocycles. The Labute approximate surface area is 209 Å². The third kappa shape index (κ3) is 6.70. The lowest BCUT2D eigenvalue weighted by Gasteiger charge is -2.18. The van der Waals surface area contributed by atoms with Crippen molar-refractivity contribution in [2.24, 2.45) is 5.73 Å². The van der Waals surface area contributed by atoms with Crippen LogP contribution >= 0.6 is 0 Å². The summed E-state index contributed by atoms with van der Waals surface area (Å²) in [6, 6.07) is 20.3. The van der Waals surface area contributed by atoms with Crippen LogP contribution in [0.25, 0.3) is 37.9 Å². The fourth-order valence-corrected chi connectivity index (χ4v) is 4.20. The number of hydrogen-bond acceptors (Lipinski definition) is 1. The molecular weight excluding hydrogens is 410 g/mol. The molecule has 4 aromatic rings.